The number of carbonyl (C=O) groups excluding carboxylic acids is 2. The van der Waals surface area contributed by atoms with E-state index in [2.05, 4.69) is 15.3 Å². The van der Waals surface area contributed by atoms with Gasteiger partial charge in [0, 0.05) is 39.3 Å². The Morgan fingerprint density at radius 1 is 1.08 bits per heavy atom. The Morgan fingerprint density at radius 2 is 1.73 bits per heavy atom. The molecule has 136 valence electrons. The maximum atomic E-state index is 12.5. The number of nitrogens with zero attached hydrogens (tertiary/aromatic N) is 4. The van der Waals surface area contributed by atoms with E-state index in [0.29, 0.717) is 47.9 Å². The highest BCUT2D eigenvalue weighted by Gasteiger charge is 2.21. The fraction of sp³-hybridized carbons (Fsp3) is 0.294. The lowest BCUT2D eigenvalue weighted by Gasteiger charge is -2.34. The van der Waals surface area contributed by atoms with Crippen LogP contribution in [0.1, 0.15) is 17.4 Å². The van der Waals surface area contributed by atoms with Crippen LogP contribution in [0.3, 0.4) is 0 Å². The summed E-state index contributed by atoms with van der Waals surface area (Å²) in [6.45, 7) is 3.98. The number of hydrogen-bond donors (Lipinski definition) is 1. The summed E-state index contributed by atoms with van der Waals surface area (Å²) in [6.07, 6.45) is 1.53. The van der Waals surface area contributed by atoms with E-state index in [0.717, 1.165) is 0 Å². The van der Waals surface area contributed by atoms with Crippen molar-refractivity contribution in [1.29, 1.82) is 0 Å². The highest BCUT2D eigenvalue weighted by Crippen LogP contribution is 2.30. The molecule has 2 heterocycles. The molecular formula is C17H17Cl2N5O2. The van der Waals surface area contributed by atoms with Gasteiger partial charge in [0.25, 0.3) is 5.91 Å². The number of aromatic nitrogens is 2. The Balaban J connectivity index is 1.73. The van der Waals surface area contributed by atoms with Crippen LogP contribution in [-0.2, 0) is 4.79 Å². The standard InChI is InChI=1S/C17H17Cl2N5O2/c1-11(25)23-7-9-24(10-8-23)17-20-6-5-14(21-17)16(26)22-15-12(18)3-2-4-13(15)19/h2-6H,7-10H2,1H3,(H,22,26). The normalized spacial score (nSPS) is 14.3. The first-order valence-corrected chi connectivity index (χ1v) is 8.80. The monoisotopic (exact) mass is 393 g/mol. The first kappa shape index (κ1) is 18.4. The SMILES string of the molecule is CC(=O)N1CCN(c2nccc(C(=O)Nc3c(Cl)cccc3Cl)n2)CC1. The van der Waals surface area contributed by atoms with Gasteiger partial charge in [-0.3, -0.25) is 9.59 Å². The van der Waals surface area contributed by atoms with Gasteiger partial charge in [-0.1, -0.05) is 29.3 Å². The lowest BCUT2D eigenvalue weighted by molar-refractivity contribution is -0.129. The molecule has 1 aromatic carbocycles. The second-order valence-corrected chi connectivity index (χ2v) is 6.60. The molecule has 0 aliphatic carbocycles. The van der Waals surface area contributed by atoms with Gasteiger partial charge in [0.1, 0.15) is 5.69 Å². The third kappa shape index (κ3) is 4.05. The van der Waals surface area contributed by atoms with E-state index < -0.39 is 5.91 Å². The minimum absolute atomic E-state index is 0.0512. The molecule has 0 atom stereocenters. The van der Waals surface area contributed by atoms with Gasteiger partial charge in [0.05, 0.1) is 15.7 Å². The summed E-state index contributed by atoms with van der Waals surface area (Å²) >= 11 is 12.2. The molecule has 1 aromatic heterocycles. The highest BCUT2D eigenvalue weighted by molar-refractivity contribution is 6.40. The smallest absolute Gasteiger partial charge is 0.274 e. The molecule has 26 heavy (non-hydrogen) atoms. The van der Waals surface area contributed by atoms with Gasteiger partial charge in [-0.15, -0.1) is 0 Å². The van der Waals surface area contributed by atoms with Gasteiger partial charge in [0.2, 0.25) is 11.9 Å². The molecule has 1 aliphatic rings. The molecule has 2 amide bonds. The Morgan fingerprint density at radius 3 is 2.35 bits per heavy atom. The lowest BCUT2D eigenvalue weighted by atomic mass is 10.3. The van der Waals surface area contributed by atoms with Gasteiger partial charge in [-0.25, -0.2) is 9.97 Å². The van der Waals surface area contributed by atoms with Gasteiger partial charge in [0.15, 0.2) is 0 Å². The van der Waals surface area contributed by atoms with Gasteiger partial charge < -0.3 is 15.1 Å². The second-order valence-electron chi connectivity index (χ2n) is 5.79. The molecule has 2 aromatic rings. The minimum atomic E-state index is -0.425. The summed E-state index contributed by atoms with van der Waals surface area (Å²) in [5.74, 6) is 0.0763. The summed E-state index contributed by atoms with van der Waals surface area (Å²) in [7, 11) is 0. The van der Waals surface area contributed by atoms with Crippen LogP contribution >= 0.6 is 23.2 Å². The average Bonchev–Trinajstić information content (AvgIpc) is 2.65. The Kier molecular flexibility index (Phi) is 5.58. The molecule has 1 aliphatic heterocycles. The molecule has 0 bridgehead atoms. The number of anilines is 2. The molecule has 0 unspecified atom stereocenters. The topological polar surface area (TPSA) is 78.4 Å². The predicted molar refractivity (Wildman–Crippen MR) is 101 cm³/mol. The number of amides is 2. The quantitative estimate of drug-likeness (QED) is 0.866. The lowest BCUT2D eigenvalue weighted by Crippen LogP contribution is -2.48. The van der Waals surface area contributed by atoms with Crippen LogP contribution < -0.4 is 10.2 Å². The van der Waals surface area contributed by atoms with Crippen molar-refractivity contribution in [1.82, 2.24) is 14.9 Å². The summed E-state index contributed by atoms with van der Waals surface area (Å²) < 4.78 is 0. The van der Waals surface area contributed by atoms with E-state index in [1.807, 2.05) is 4.90 Å². The summed E-state index contributed by atoms with van der Waals surface area (Å²) in [4.78, 5) is 36.2. The molecule has 3 rings (SSSR count). The van der Waals surface area contributed by atoms with E-state index >= 15 is 0 Å². The maximum Gasteiger partial charge on any atom is 0.274 e. The van der Waals surface area contributed by atoms with Crippen LogP contribution in [0.2, 0.25) is 10.0 Å². The van der Waals surface area contributed by atoms with Crippen molar-refractivity contribution in [3.05, 3.63) is 46.2 Å². The second kappa shape index (κ2) is 7.88. The number of piperazine rings is 1. The van der Waals surface area contributed by atoms with E-state index in [4.69, 9.17) is 23.2 Å². The Bertz CT molecular complexity index is 817. The fourth-order valence-corrected chi connectivity index (χ4v) is 3.14. The molecule has 9 heteroatoms. The van der Waals surface area contributed by atoms with Crippen molar-refractivity contribution < 1.29 is 9.59 Å². The van der Waals surface area contributed by atoms with Crippen LogP contribution in [0.15, 0.2) is 30.5 Å². The number of para-hydroxylation sites is 1. The third-order valence-electron chi connectivity index (χ3n) is 4.08. The van der Waals surface area contributed by atoms with Crippen LogP contribution in [-0.4, -0.2) is 52.9 Å². The third-order valence-corrected chi connectivity index (χ3v) is 4.71. The minimum Gasteiger partial charge on any atom is -0.339 e. The number of rotatable bonds is 3. The molecule has 1 N–H and O–H groups in total. The van der Waals surface area contributed by atoms with Crippen molar-refractivity contribution in [2.24, 2.45) is 0 Å². The number of hydrogen-bond acceptors (Lipinski definition) is 5. The zero-order chi connectivity index (χ0) is 18.7. The van der Waals surface area contributed by atoms with E-state index in [1.165, 1.54) is 12.3 Å². The summed E-state index contributed by atoms with van der Waals surface area (Å²) in [5, 5.41) is 3.38. The molecule has 1 saturated heterocycles. The zero-order valence-corrected chi connectivity index (χ0v) is 15.6. The maximum absolute atomic E-state index is 12.5. The van der Waals surface area contributed by atoms with Crippen LogP contribution in [0.5, 0.6) is 0 Å². The number of carbonyl (C=O) groups is 2. The fourth-order valence-electron chi connectivity index (χ4n) is 2.64. The molecular weight excluding hydrogens is 377 g/mol. The number of halogens is 2. The Labute approximate surface area is 160 Å². The summed E-state index contributed by atoms with van der Waals surface area (Å²) in [6, 6.07) is 6.51. The summed E-state index contributed by atoms with van der Waals surface area (Å²) in [5.41, 5.74) is 0.552. The molecule has 0 radical (unpaired) electrons. The predicted octanol–water partition coefficient (Wildman–Crippen LogP) is 2.70. The number of benzene rings is 1. The van der Waals surface area contributed by atoms with Crippen LogP contribution in [0, 0.1) is 0 Å². The van der Waals surface area contributed by atoms with Gasteiger partial charge in [-0.05, 0) is 18.2 Å². The van der Waals surface area contributed by atoms with Crippen molar-refractivity contribution in [3.8, 4) is 0 Å². The van der Waals surface area contributed by atoms with Crippen molar-refractivity contribution in [2.75, 3.05) is 36.4 Å². The highest BCUT2D eigenvalue weighted by atomic mass is 35.5. The first-order chi connectivity index (χ1) is 12.5. The molecule has 1 fully saturated rings. The van der Waals surface area contributed by atoms with Gasteiger partial charge in [-0.2, -0.15) is 0 Å². The Hall–Kier alpha value is -2.38. The van der Waals surface area contributed by atoms with Crippen molar-refractivity contribution >= 4 is 46.7 Å². The molecule has 7 nitrogen and oxygen atoms in total. The van der Waals surface area contributed by atoms with E-state index in [-0.39, 0.29) is 11.6 Å². The van der Waals surface area contributed by atoms with Gasteiger partial charge >= 0.3 is 0 Å². The largest absolute Gasteiger partial charge is 0.339 e. The van der Waals surface area contributed by atoms with E-state index in [9.17, 15) is 9.59 Å². The first-order valence-electron chi connectivity index (χ1n) is 8.04. The molecule has 0 saturated carbocycles. The molecule has 0 spiro atoms. The number of nitrogens with one attached hydrogen (secondary N) is 1. The van der Waals surface area contributed by atoms with Crippen LogP contribution in [0.4, 0.5) is 11.6 Å². The van der Waals surface area contributed by atoms with Crippen molar-refractivity contribution in [2.45, 2.75) is 6.92 Å². The average molecular weight is 394 g/mol. The van der Waals surface area contributed by atoms with E-state index in [1.54, 1.807) is 30.0 Å². The van der Waals surface area contributed by atoms with Crippen LogP contribution in [0.25, 0.3) is 0 Å². The zero-order valence-electron chi connectivity index (χ0n) is 14.1. The van der Waals surface area contributed by atoms with Crippen molar-refractivity contribution in [3.63, 3.8) is 0 Å².